The Labute approximate surface area is 221 Å². The van der Waals surface area contributed by atoms with Gasteiger partial charge >= 0.3 is 10.3 Å². The highest BCUT2D eigenvalue weighted by Crippen LogP contribution is 2.37. The largest absolute Gasteiger partial charge is 0.497 e. The summed E-state index contributed by atoms with van der Waals surface area (Å²) in [6.07, 6.45) is 2.57. The highest BCUT2D eigenvalue weighted by Gasteiger charge is 2.44. The molecule has 0 bridgehead atoms. The molecule has 3 rings (SSSR count). The Hall–Kier alpha value is -3.12. The highest BCUT2D eigenvalue weighted by molar-refractivity contribution is 8.06. The number of hydrogen-bond acceptors (Lipinski definition) is 10. The normalized spacial score (nSPS) is 16.2. The van der Waals surface area contributed by atoms with E-state index in [-0.39, 0.29) is 23.4 Å². The van der Waals surface area contributed by atoms with Gasteiger partial charge in [0.25, 0.3) is 5.91 Å². The minimum atomic E-state index is -4.14. The number of rotatable bonds is 12. The van der Waals surface area contributed by atoms with Crippen molar-refractivity contribution in [3.05, 3.63) is 52.2 Å². The van der Waals surface area contributed by atoms with E-state index in [1.165, 1.54) is 14.2 Å². The summed E-state index contributed by atoms with van der Waals surface area (Å²) in [6, 6.07) is 8.03. The maximum atomic E-state index is 13.6. The quantitative estimate of drug-likeness (QED) is 0.234. The van der Waals surface area contributed by atoms with E-state index in [1.807, 2.05) is 0 Å². The topological polar surface area (TPSA) is 133 Å². The van der Waals surface area contributed by atoms with Crippen molar-refractivity contribution in [1.82, 2.24) is 5.32 Å². The third kappa shape index (κ3) is 6.61. The second-order valence-corrected chi connectivity index (χ2v) is 11.5. The summed E-state index contributed by atoms with van der Waals surface area (Å²) in [7, 11) is -1.27. The van der Waals surface area contributed by atoms with Gasteiger partial charge in [0.1, 0.15) is 11.5 Å². The Kier molecular flexibility index (Phi) is 9.19. The molecular formula is C25H31N3O7S2. The van der Waals surface area contributed by atoms with E-state index in [1.54, 1.807) is 44.2 Å². The molecule has 1 N–H and O–H groups in total. The third-order valence-corrected chi connectivity index (χ3v) is 8.76. The Morgan fingerprint density at radius 2 is 1.65 bits per heavy atom. The maximum Gasteiger partial charge on any atom is 0.305 e. The minimum Gasteiger partial charge on any atom is -0.497 e. The summed E-state index contributed by atoms with van der Waals surface area (Å²) < 4.78 is 40.6. The number of benzene rings is 2. The van der Waals surface area contributed by atoms with Crippen molar-refractivity contribution in [2.24, 2.45) is 9.98 Å². The first-order valence-electron chi connectivity index (χ1n) is 11.7. The third-order valence-electron chi connectivity index (χ3n) is 5.76. The molecule has 1 unspecified atom stereocenters. The number of amides is 1. The predicted molar refractivity (Wildman–Crippen MR) is 139 cm³/mol. The Balaban J connectivity index is 1.64. The smallest absolute Gasteiger partial charge is 0.305 e. The number of fused-ring (bicyclic) bond motifs is 1. The highest BCUT2D eigenvalue weighted by atomic mass is 32.2. The molecule has 2 aromatic carbocycles. The second kappa shape index (κ2) is 12.0. The number of sulfone groups is 1. The Morgan fingerprint density at radius 1 is 0.973 bits per heavy atom. The van der Waals surface area contributed by atoms with Crippen molar-refractivity contribution >= 4 is 34.3 Å². The lowest BCUT2D eigenvalue weighted by atomic mass is 10.1. The molecular weight excluding hydrogens is 518 g/mol. The lowest BCUT2D eigenvalue weighted by Crippen LogP contribution is -2.30. The average molecular weight is 550 g/mol. The molecule has 0 radical (unpaired) electrons. The molecule has 12 heteroatoms. The molecule has 0 spiro atoms. The average Bonchev–Trinajstić information content (AvgIpc) is 3.21. The zero-order valence-electron chi connectivity index (χ0n) is 21.2. The SMILES string of the molecule is COC(=O)CCCCCNC(=O)COc1cc(C)c(S(=O)(=O)C2(S)N=c3ccc(OC)cc3=N2)c(C)c1. The molecule has 1 aliphatic rings. The first-order chi connectivity index (χ1) is 17.5. The molecule has 1 aliphatic heterocycles. The molecule has 200 valence electrons. The number of aryl methyl sites for hydroxylation is 2. The van der Waals surface area contributed by atoms with Crippen LogP contribution >= 0.6 is 12.6 Å². The van der Waals surface area contributed by atoms with E-state index in [4.69, 9.17) is 9.47 Å². The zero-order valence-corrected chi connectivity index (χ0v) is 22.9. The van der Waals surface area contributed by atoms with Gasteiger partial charge in [-0.05, 0) is 62.1 Å². The molecule has 0 saturated carbocycles. The van der Waals surface area contributed by atoms with Crippen molar-refractivity contribution in [1.29, 1.82) is 0 Å². The van der Waals surface area contributed by atoms with E-state index >= 15 is 0 Å². The number of esters is 1. The minimum absolute atomic E-state index is 0.0542. The van der Waals surface area contributed by atoms with Crippen LogP contribution in [0, 0.1) is 13.8 Å². The fraction of sp³-hybridized carbons (Fsp3) is 0.440. The Morgan fingerprint density at radius 3 is 2.30 bits per heavy atom. The molecule has 0 aromatic heterocycles. The molecule has 1 atom stereocenters. The summed E-state index contributed by atoms with van der Waals surface area (Å²) >= 11 is 4.37. The van der Waals surface area contributed by atoms with E-state index < -0.39 is 14.2 Å². The van der Waals surface area contributed by atoms with Gasteiger partial charge in [-0.1, -0.05) is 6.42 Å². The van der Waals surface area contributed by atoms with Gasteiger partial charge in [0.15, 0.2) is 6.61 Å². The Bertz CT molecular complexity index is 1390. The number of carbonyl (C=O) groups is 2. The van der Waals surface area contributed by atoms with Crippen molar-refractivity contribution in [2.75, 3.05) is 27.4 Å². The fourth-order valence-corrected chi connectivity index (χ4v) is 6.09. The van der Waals surface area contributed by atoms with Crippen LogP contribution < -0.4 is 25.5 Å². The molecule has 1 amide bonds. The van der Waals surface area contributed by atoms with Crippen molar-refractivity contribution in [3.8, 4) is 11.5 Å². The molecule has 1 heterocycles. The molecule has 37 heavy (non-hydrogen) atoms. The summed E-state index contributed by atoms with van der Waals surface area (Å²) in [6.45, 7) is 3.53. The van der Waals surface area contributed by atoms with Gasteiger partial charge in [-0.2, -0.15) is 0 Å². The van der Waals surface area contributed by atoms with Gasteiger partial charge in [-0.15, -0.1) is 12.6 Å². The van der Waals surface area contributed by atoms with Crippen LogP contribution in [-0.2, 0) is 24.2 Å². The second-order valence-electron chi connectivity index (χ2n) is 8.57. The lowest BCUT2D eigenvalue weighted by molar-refractivity contribution is -0.140. The number of ether oxygens (including phenoxy) is 3. The van der Waals surface area contributed by atoms with E-state index in [0.717, 1.165) is 12.8 Å². The van der Waals surface area contributed by atoms with Crippen LogP contribution in [0.4, 0.5) is 0 Å². The van der Waals surface area contributed by atoms with Crippen molar-refractivity contribution in [2.45, 2.75) is 48.8 Å². The molecule has 0 aliphatic carbocycles. The van der Waals surface area contributed by atoms with E-state index in [2.05, 4.69) is 32.7 Å². The molecule has 0 fully saturated rings. The number of hydrogen-bond donors (Lipinski definition) is 2. The van der Waals surface area contributed by atoms with Gasteiger partial charge in [0.05, 0.1) is 29.8 Å². The molecule has 0 saturated heterocycles. The maximum absolute atomic E-state index is 13.6. The standard InChI is InChI=1S/C25H31N3O7S2/c1-16-12-19(35-15-22(29)26-11-7-5-6-8-23(30)34-4)13-17(2)24(16)37(31,32)25(36)27-20-10-9-18(33-3)14-21(20)28-25/h9-10,12-14,36H,5-8,11,15H2,1-4H3,(H,26,29). The van der Waals surface area contributed by atoms with Crippen molar-refractivity contribution < 1.29 is 32.2 Å². The summed E-state index contributed by atoms with van der Waals surface area (Å²) in [5.74, 6) is 0.350. The summed E-state index contributed by atoms with van der Waals surface area (Å²) in [5, 5.41) is 3.54. The van der Waals surface area contributed by atoms with Crippen LogP contribution in [0.2, 0.25) is 0 Å². The van der Waals surface area contributed by atoms with Crippen LogP contribution in [0.3, 0.4) is 0 Å². The van der Waals surface area contributed by atoms with Crippen LogP contribution in [0.5, 0.6) is 11.5 Å². The van der Waals surface area contributed by atoms with Gasteiger partial charge < -0.3 is 19.5 Å². The number of nitrogens with one attached hydrogen (secondary N) is 1. The van der Waals surface area contributed by atoms with Crippen LogP contribution in [0.25, 0.3) is 0 Å². The van der Waals surface area contributed by atoms with Gasteiger partial charge in [-0.3, -0.25) is 9.59 Å². The van der Waals surface area contributed by atoms with Crippen LogP contribution in [0.15, 0.2) is 45.2 Å². The van der Waals surface area contributed by atoms with Crippen LogP contribution in [-0.4, -0.2) is 52.0 Å². The zero-order chi connectivity index (χ0) is 27.2. The van der Waals surface area contributed by atoms with Gasteiger partial charge in [0.2, 0.25) is 9.84 Å². The molecule has 2 aromatic rings. The number of nitrogens with zero attached hydrogens (tertiary/aromatic N) is 2. The van der Waals surface area contributed by atoms with E-state index in [0.29, 0.717) is 52.7 Å². The monoisotopic (exact) mass is 549 g/mol. The van der Waals surface area contributed by atoms with Crippen molar-refractivity contribution in [3.63, 3.8) is 0 Å². The first-order valence-corrected chi connectivity index (χ1v) is 13.6. The van der Waals surface area contributed by atoms with Crippen LogP contribution in [0.1, 0.15) is 36.8 Å². The molecule has 10 nitrogen and oxygen atoms in total. The lowest BCUT2D eigenvalue weighted by Gasteiger charge is -2.21. The first kappa shape index (κ1) is 28.5. The predicted octanol–water partition coefficient (Wildman–Crippen LogP) is 1.81. The van der Waals surface area contributed by atoms with Gasteiger partial charge in [0, 0.05) is 19.0 Å². The van der Waals surface area contributed by atoms with Gasteiger partial charge in [-0.25, -0.2) is 18.4 Å². The number of thiol groups is 1. The number of methoxy groups -OCH3 is 2. The summed E-state index contributed by atoms with van der Waals surface area (Å²) in [4.78, 5) is 31.8. The van der Waals surface area contributed by atoms with E-state index in [9.17, 15) is 18.0 Å². The summed E-state index contributed by atoms with van der Waals surface area (Å²) in [5.41, 5.74) is 0.849. The number of unbranched alkanes of at least 4 members (excludes halogenated alkanes) is 2. The number of carbonyl (C=O) groups excluding carboxylic acids is 2. The fourth-order valence-electron chi connectivity index (χ4n) is 3.93.